The maximum Gasteiger partial charge on any atom is 0.251 e. The van der Waals surface area contributed by atoms with Crippen molar-refractivity contribution >= 4 is 28.2 Å². The molecular formula is C29H35F2N7OS. The molecule has 2 aliphatic carbocycles. The van der Waals surface area contributed by atoms with E-state index in [1.54, 1.807) is 4.68 Å². The smallest absolute Gasteiger partial charge is 0.251 e. The van der Waals surface area contributed by atoms with Gasteiger partial charge in [0.25, 0.3) is 5.92 Å². The predicted octanol–water partition coefficient (Wildman–Crippen LogP) is 5.49. The lowest BCUT2D eigenvalue weighted by Crippen LogP contribution is -2.39. The Labute approximate surface area is 235 Å². The molecule has 8 nitrogen and oxygen atoms in total. The summed E-state index contributed by atoms with van der Waals surface area (Å²) in [4.78, 5) is 9.12. The van der Waals surface area contributed by atoms with E-state index in [1.165, 1.54) is 25.7 Å². The summed E-state index contributed by atoms with van der Waals surface area (Å²) in [5.74, 6) is -1.31. The van der Waals surface area contributed by atoms with Crippen molar-refractivity contribution in [1.82, 2.24) is 20.0 Å². The van der Waals surface area contributed by atoms with E-state index in [0.717, 1.165) is 54.1 Å². The topological polar surface area (TPSA) is 79.2 Å². The summed E-state index contributed by atoms with van der Waals surface area (Å²) in [6.07, 6.45) is 8.67. The lowest BCUT2D eigenvalue weighted by Gasteiger charge is -2.35. The van der Waals surface area contributed by atoms with Crippen LogP contribution in [0.1, 0.15) is 56.9 Å². The molecule has 2 aliphatic heterocycles. The molecule has 0 radical (unpaired) electrons. The van der Waals surface area contributed by atoms with Crippen LogP contribution < -0.4 is 14.5 Å². The van der Waals surface area contributed by atoms with Gasteiger partial charge in [0.15, 0.2) is 5.82 Å². The van der Waals surface area contributed by atoms with Crippen LogP contribution in [0.3, 0.4) is 0 Å². The van der Waals surface area contributed by atoms with Gasteiger partial charge >= 0.3 is 0 Å². The van der Waals surface area contributed by atoms with Crippen LogP contribution in [0.25, 0.3) is 17.1 Å². The highest BCUT2D eigenvalue weighted by molar-refractivity contribution is 7.87. The molecule has 11 heteroatoms. The standard InChI is InChI=1S/C29H35F2N7OS/c1-20-16-26(37-14-10-29(30,31)11-15-37)32-27(17-20)38-19-24(33-35-38)23-5-2-21(34-40(39)22-3-4-22)18-25(23)36-12-8-28(6-7-28)9-13-36/h2,5,16-19,22,34H,3-4,6-15H2,1H3. The second-order valence-corrected chi connectivity index (χ2v) is 13.5. The zero-order valence-electron chi connectivity index (χ0n) is 22.8. The highest BCUT2D eigenvalue weighted by Gasteiger charge is 2.44. The molecule has 0 bridgehead atoms. The average molecular weight is 568 g/mol. The summed E-state index contributed by atoms with van der Waals surface area (Å²) in [5, 5.41) is 9.20. The number of pyridine rings is 1. The minimum Gasteiger partial charge on any atom is -0.371 e. The molecule has 4 heterocycles. The highest BCUT2D eigenvalue weighted by Crippen LogP contribution is 2.54. The minimum atomic E-state index is -2.60. The van der Waals surface area contributed by atoms with Gasteiger partial charge in [0, 0.05) is 56.0 Å². The van der Waals surface area contributed by atoms with Crippen LogP contribution in [0.15, 0.2) is 36.5 Å². The number of benzene rings is 1. The van der Waals surface area contributed by atoms with Crippen LogP contribution >= 0.6 is 0 Å². The Morgan fingerprint density at radius 1 is 0.925 bits per heavy atom. The Kier molecular flexibility index (Phi) is 6.32. The number of halogens is 2. The van der Waals surface area contributed by atoms with E-state index in [9.17, 15) is 13.0 Å². The molecule has 4 aliphatic rings. The zero-order valence-corrected chi connectivity index (χ0v) is 23.6. The Bertz CT molecular complexity index is 1430. The number of hydrogen-bond donors (Lipinski definition) is 1. The van der Waals surface area contributed by atoms with Gasteiger partial charge in [0.05, 0.1) is 11.4 Å². The van der Waals surface area contributed by atoms with Crippen LogP contribution in [-0.4, -0.2) is 61.5 Å². The van der Waals surface area contributed by atoms with E-state index in [0.29, 0.717) is 17.1 Å². The van der Waals surface area contributed by atoms with Gasteiger partial charge < -0.3 is 14.5 Å². The fraction of sp³-hybridized carbons (Fsp3) is 0.552. The first kappa shape index (κ1) is 25.9. The van der Waals surface area contributed by atoms with Crippen molar-refractivity contribution < 1.29 is 13.0 Å². The number of anilines is 3. The van der Waals surface area contributed by atoms with Crippen molar-refractivity contribution in [3.63, 3.8) is 0 Å². The third kappa shape index (κ3) is 5.32. The Balaban J connectivity index is 1.18. The van der Waals surface area contributed by atoms with E-state index in [4.69, 9.17) is 4.98 Å². The third-order valence-corrected chi connectivity index (χ3v) is 10.4. The Hall–Kier alpha value is -3.08. The summed E-state index contributed by atoms with van der Waals surface area (Å²) in [7, 11) is -1.06. The quantitative estimate of drug-likeness (QED) is 0.407. The summed E-state index contributed by atoms with van der Waals surface area (Å²) < 4.78 is 44.9. The molecular weight excluding hydrogens is 532 g/mol. The predicted molar refractivity (Wildman–Crippen MR) is 154 cm³/mol. The monoisotopic (exact) mass is 567 g/mol. The molecule has 0 amide bonds. The molecule has 1 unspecified atom stereocenters. The van der Waals surface area contributed by atoms with Crippen LogP contribution in [0.5, 0.6) is 0 Å². The number of aromatic nitrogens is 4. The molecule has 212 valence electrons. The molecule has 4 fully saturated rings. The molecule has 1 atom stereocenters. The first-order valence-corrected chi connectivity index (χ1v) is 15.6. The Morgan fingerprint density at radius 3 is 2.33 bits per heavy atom. The van der Waals surface area contributed by atoms with E-state index < -0.39 is 16.9 Å². The normalized spacial score (nSPS) is 22.4. The maximum absolute atomic E-state index is 13.7. The van der Waals surface area contributed by atoms with Crippen molar-refractivity contribution in [2.75, 3.05) is 40.7 Å². The first-order valence-electron chi connectivity index (χ1n) is 14.4. The second kappa shape index (κ2) is 9.78. The van der Waals surface area contributed by atoms with Crippen LogP contribution in [-0.2, 0) is 11.0 Å². The second-order valence-electron chi connectivity index (χ2n) is 12.1. The zero-order chi connectivity index (χ0) is 27.5. The van der Waals surface area contributed by atoms with Crippen molar-refractivity contribution in [3.05, 3.63) is 42.1 Å². The van der Waals surface area contributed by atoms with Crippen molar-refractivity contribution in [1.29, 1.82) is 0 Å². The van der Waals surface area contributed by atoms with Gasteiger partial charge in [-0.1, -0.05) is 5.21 Å². The van der Waals surface area contributed by atoms with Crippen LogP contribution in [0, 0.1) is 12.3 Å². The maximum atomic E-state index is 13.7. The van der Waals surface area contributed by atoms with E-state index in [2.05, 4.69) is 26.0 Å². The number of nitrogens with zero attached hydrogens (tertiary/aromatic N) is 6. The van der Waals surface area contributed by atoms with E-state index in [1.807, 2.05) is 42.3 Å². The van der Waals surface area contributed by atoms with Crippen LogP contribution in [0.4, 0.5) is 26.0 Å². The molecule has 3 aromatic rings. The largest absolute Gasteiger partial charge is 0.371 e. The highest BCUT2D eigenvalue weighted by atomic mass is 32.2. The number of alkyl halides is 2. The van der Waals surface area contributed by atoms with Crippen molar-refractivity contribution in [3.8, 4) is 17.1 Å². The Morgan fingerprint density at radius 2 is 1.62 bits per heavy atom. The molecule has 2 saturated carbocycles. The van der Waals surface area contributed by atoms with Gasteiger partial charge in [0.2, 0.25) is 0 Å². The SMILES string of the molecule is Cc1cc(N2CCC(F)(F)CC2)nc(-n2cc(-c3ccc(NS(=O)C4CC4)cc3N3CCC4(CC3)CC4)nn2)c1. The molecule has 40 heavy (non-hydrogen) atoms. The molecule has 1 N–H and O–H groups in total. The first-order chi connectivity index (χ1) is 19.3. The summed E-state index contributed by atoms with van der Waals surface area (Å²) in [6, 6.07) is 9.99. The summed E-state index contributed by atoms with van der Waals surface area (Å²) >= 11 is 0. The van der Waals surface area contributed by atoms with E-state index in [-0.39, 0.29) is 31.2 Å². The minimum absolute atomic E-state index is 0.162. The lowest BCUT2D eigenvalue weighted by molar-refractivity contribution is -0.0221. The number of nitrogens with one attached hydrogen (secondary N) is 1. The summed E-state index contributed by atoms with van der Waals surface area (Å²) in [6.45, 7) is 4.52. The lowest BCUT2D eigenvalue weighted by atomic mass is 9.93. The van der Waals surface area contributed by atoms with Gasteiger partial charge in [-0.2, -0.15) is 0 Å². The molecule has 1 aromatic carbocycles. The average Bonchev–Trinajstić information content (AvgIpc) is 3.87. The van der Waals surface area contributed by atoms with Gasteiger partial charge in [-0.15, -0.1) is 5.10 Å². The summed E-state index contributed by atoms with van der Waals surface area (Å²) in [5.41, 5.74) is 5.19. The van der Waals surface area contributed by atoms with E-state index >= 15 is 0 Å². The molecule has 2 aromatic heterocycles. The van der Waals surface area contributed by atoms with Crippen molar-refractivity contribution in [2.24, 2.45) is 5.41 Å². The third-order valence-electron chi connectivity index (χ3n) is 8.93. The number of piperidine rings is 2. The van der Waals surface area contributed by atoms with Crippen LogP contribution in [0.2, 0.25) is 0 Å². The number of aryl methyl sites for hydroxylation is 1. The van der Waals surface area contributed by atoms with Gasteiger partial charge in [-0.3, -0.25) is 0 Å². The fourth-order valence-corrected chi connectivity index (χ4v) is 7.02. The molecule has 2 saturated heterocycles. The molecule has 1 spiro atoms. The van der Waals surface area contributed by atoms with Gasteiger partial charge in [-0.25, -0.2) is 22.7 Å². The fourth-order valence-electron chi connectivity index (χ4n) is 5.93. The van der Waals surface area contributed by atoms with Gasteiger partial charge in [-0.05, 0) is 86.8 Å². The van der Waals surface area contributed by atoms with Crippen molar-refractivity contribution in [2.45, 2.75) is 69.5 Å². The number of hydrogen-bond acceptors (Lipinski definition) is 6. The number of rotatable bonds is 7. The molecule has 7 rings (SSSR count). The van der Waals surface area contributed by atoms with Gasteiger partial charge in [0.1, 0.15) is 22.5 Å².